The van der Waals surface area contributed by atoms with Gasteiger partial charge in [0, 0.05) is 18.5 Å². The van der Waals surface area contributed by atoms with Gasteiger partial charge in [-0.15, -0.1) is 0 Å². The highest BCUT2D eigenvalue weighted by Crippen LogP contribution is 2.39. The van der Waals surface area contributed by atoms with E-state index in [1.807, 2.05) is 13.8 Å². The minimum absolute atomic E-state index is 0.0459. The maximum Gasteiger partial charge on any atom is 0.225 e. The molecular weight excluding hydrogens is 312 g/mol. The van der Waals surface area contributed by atoms with Crippen LogP contribution in [-0.2, 0) is 4.79 Å². The molecule has 0 aliphatic rings. The van der Waals surface area contributed by atoms with Gasteiger partial charge >= 0.3 is 0 Å². The van der Waals surface area contributed by atoms with E-state index in [0.29, 0.717) is 0 Å². The van der Waals surface area contributed by atoms with E-state index >= 15 is 0 Å². The van der Waals surface area contributed by atoms with Crippen molar-refractivity contribution in [2.24, 2.45) is 27.4 Å². The topological polar surface area (TPSA) is 75.3 Å². The van der Waals surface area contributed by atoms with Crippen molar-refractivity contribution in [3.63, 3.8) is 0 Å². The van der Waals surface area contributed by atoms with Crippen molar-refractivity contribution in [2.45, 2.75) is 81.3 Å². The molecule has 0 aromatic rings. The maximum absolute atomic E-state index is 12.5. The van der Waals surface area contributed by atoms with Gasteiger partial charge in [0.25, 0.3) is 0 Å². The fraction of sp³-hybridized carbons (Fsp3) is 0.857. The zero-order chi connectivity index (χ0) is 20.1. The average molecular weight is 355 g/mol. The Morgan fingerprint density at radius 2 is 1.40 bits per heavy atom. The van der Waals surface area contributed by atoms with E-state index < -0.39 is 11.5 Å². The average Bonchev–Trinajstić information content (AvgIpc) is 2.38. The molecule has 0 heterocycles. The third-order valence-electron chi connectivity index (χ3n) is 4.25. The van der Waals surface area contributed by atoms with Crippen molar-refractivity contribution < 1.29 is 9.90 Å². The summed E-state index contributed by atoms with van der Waals surface area (Å²) < 4.78 is 0. The summed E-state index contributed by atoms with van der Waals surface area (Å²) in [6.07, 6.45) is 5.69. The van der Waals surface area contributed by atoms with Crippen molar-refractivity contribution in [1.82, 2.24) is 5.32 Å². The largest absolute Gasteiger partial charge is 0.390 e. The van der Waals surface area contributed by atoms with E-state index in [2.05, 4.69) is 65.9 Å². The summed E-state index contributed by atoms with van der Waals surface area (Å²) in [6.45, 7) is 19.9. The van der Waals surface area contributed by atoms with Crippen molar-refractivity contribution in [1.29, 1.82) is 0 Å². The molecule has 4 nitrogen and oxygen atoms in total. The molecule has 148 valence electrons. The molecule has 0 aromatic carbocycles. The Balaban J connectivity index is 4.92. The van der Waals surface area contributed by atoms with Gasteiger partial charge in [-0.3, -0.25) is 4.79 Å². The summed E-state index contributed by atoms with van der Waals surface area (Å²) in [5.41, 5.74) is 5.17. The minimum Gasteiger partial charge on any atom is -0.390 e. The lowest BCUT2D eigenvalue weighted by atomic mass is 9.71. The van der Waals surface area contributed by atoms with E-state index in [1.165, 1.54) is 0 Å². The first-order valence-electron chi connectivity index (χ1n) is 9.37. The van der Waals surface area contributed by atoms with Crippen LogP contribution in [0.2, 0.25) is 0 Å². The molecule has 0 rings (SSSR count). The molecule has 1 amide bonds. The number of carbonyl (C=O) groups excluding carboxylic acids is 1. The Bertz CT molecular complexity index is 457. The second kappa shape index (κ2) is 8.68. The molecule has 0 aromatic heterocycles. The summed E-state index contributed by atoms with van der Waals surface area (Å²) in [5.74, 6) is -0.0459. The number of carbonyl (C=O) groups is 1. The molecule has 0 radical (unpaired) electrons. The zero-order valence-electron chi connectivity index (χ0n) is 18.0. The van der Waals surface area contributed by atoms with Gasteiger partial charge in [0.2, 0.25) is 5.91 Å². The molecule has 0 fully saturated rings. The van der Waals surface area contributed by atoms with Crippen LogP contribution in [0, 0.1) is 21.7 Å². The highest BCUT2D eigenvalue weighted by atomic mass is 16.3. The van der Waals surface area contributed by atoms with Gasteiger partial charge in [-0.2, -0.15) is 0 Å². The van der Waals surface area contributed by atoms with Crippen LogP contribution in [0.15, 0.2) is 12.2 Å². The zero-order valence-corrected chi connectivity index (χ0v) is 18.0. The van der Waals surface area contributed by atoms with E-state index in [0.717, 1.165) is 12.8 Å². The Kier molecular flexibility index (Phi) is 8.38. The number of nitrogens with two attached hydrogens (primary N) is 1. The monoisotopic (exact) mass is 354 g/mol. The molecule has 0 aliphatic heterocycles. The number of hydrogen-bond acceptors (Lipinski definition) is 3. The van der Waals surface area contributed by atoms with Gasteiger partial charge in [0.1, 0.15) is 0 Å². The first-order chi connectivity index (χ1) is 11.0. The predicted octanol–water partition coefficient (Wildman–Crippen LogP) is 3.88. The van der Waals surface area contributed by atoms with Gasteiger partial charge in [0.15, 0.2) is 0 Å². The summed E-state index contributed by atoms with van der Waals surface area (Å²) in [7, 11) is 0. The third-order valence-corrected chi connectivity index (χ3v) is 4.25. The number of allylic oxidation sites excluding steroid dienone is 2. The Morgan fingerprint density at radius 1 is 0.960 bits per heavy atom. The molecule has 4 heteroatoms. The molecule has 0 saturated carbocycles. The summed E-state index contributed by atoms with van der Waals surface area (Å²) in [4.78, 5) is 12.5. The fourth-order valence-corrected chi connectivity index (χ4v) is 3.69. The maximum atomic E-state index is 12.5. The number of aliphatic hydroxyl groups is 1. The quantitative estimate of drug-likeness (QED) is 0.550. The minimum atomic E-state index is -0.689. The Hall–Kier alpha value is -0.870. The molecule has 0 saturated heterocycles. The van der Waals surface area contributed by atoms with E-state index in [4.69, 9.17) is 5.73 Å². The van der Waals surface area contributed by atoms with Crippen LogP contribution in [0.5, 0.6) is 0 Å². The lowest BCUT2D eigenvalue weighted by molar-refractivity contribution is -0.131. The van der Waals surface area contributed by atoms with Crippen LogP contribution >= 0.6 is 0 Å². The number of nitrogens with one attached hydrogen (secondary N) is 1. The Morgan fingerprint density at radius 3 is 1.80 bits per heavy atom. The standard InChI is InChI=1S/C21H42N2O2/c1-18(2,3)14-19(4,5)10-11-20(6,7)15-21(8,9)17(25)23-13-16(24)12-22/h10-11,16,24H,12-15,22H2,1-9H3,(H,23,25). The van der Waals surface area contributed by atoms with Crippen molar-refractivity contribution >= 4 is 5.91 Å². The first kappa shape index (κ1) is 24.1. The van der Waals surface area contributed by atoms with Gasteiger partial charge in [0.05, 0.1) is 6.10 Å². The summed E-state index contributed by atoms with van der Waals surface area (Å²) in [5, 5.41) is 12.3. The number of amides is 1. The van der Waals surface area contributed by atoms with E-state index in [1.54, 1.807) is 0 Å². The molecular formula is C21H42N2O2. The van der Waals surface area contributed by atoms with Crippen molar-refractivity contribution in [3.8, 4) is 0 Å². The number of aliphatic hydroxyl groups excluding tert-OH is 1. The van der Waals surface area contributed by atoms with Crippen LogP contribution in [0.25, 0.3) is 0 Å². The highest BCUT2D eigenvalue weighted by molar-refractivity contribution is 5.81. The lowest BCUT2D eigenvalue weighted by Gasteiger charge is -2.34. The molecule has 1 atom stereocenters. The Labute approximate surface area is 155 Å². The second-order valence-electron chi connectivity index (χ2n) is 10.7. The van der Waals surface area contributed by atoms with Gasteiger partial charge < -0.3 is 16.2 Å². The van der Waals surface area contributed by atoms with Crippen LogP contribution < -0.4 is 11.1 Å². The van der Waals surface area contributed by atoms with Crippen molar-refractivity contribution in [3.05, 3.63) is 12.2 Å². The fourth-order valence-electron chi connectivity index (χ4n) is 3.69. The predicted molar refractivity (Wildman–Crippen MR) is 107 cm³/mol. The molecule has 0 aliphatic carbocycles. The summed E-state index contributed by atoms with van der Waals surface area (Å²) >= 11 is 0. The first-order valence-corrected chi connectivity index (χ1v) is 9.37. The SMILES string of the molecule is CC(C)(C)CC(C)(C)C=CC(C)(C)CC(C)(C)C(=O)NCC(O)CN. The molecule has 25 heavy (non-hydrogen) atoms. The van der Waals surface area contributed by atoms with Crippen molar-refractivity contribution in [2.75, 3.05) is 13.1 Å². The van der Waals surface area contributed by atoms with Crippen LogP contribution in [0.4, 0.5) is 0 Å². The number of hydrogen-bond donors (Lipinski definition) is 3. The highest BCUT2D eigenvalue weighted by Gasteiger charge is 2.34. The smallest absolute Gasteiger partial charge is 0.225 e. The molecule has 0 spiro atoms. The van der Waals surface area contributed by atoms with E-state index in [9.17, 15) is 9.90 Å². The number of rotatable bonds is 9. The van der Waals surface area contributed by atoms with Crippen LogP contribution in [0.3, 0.4) is 0 Å². The van der Waals surface area contributed by atoms with Crippen LogP contribution in [0.1, 0.15) is 75.2 Å². The normalized spacial score (nSPS) is 15.5. The molecule has 1 unspecified atom stereocenters. The van der Waals surface area contributed by atoms with Gasteiger partial charge in [-0.1, -0.05) is 74.5 Å². The summed E-state index contributed by atoms with van der Waals surface area (Å²) in [6, 6.07) is 0. The van der Waals surface area contributed by atoms with Gasteiger partial charge in [-0.25, -0.2) is 0 Å². The molecule has 0 bridgehead atoms. The molecule has 4 N–H and O–H groups in total. The second-order valence-corrected chi connectivity index (χ2v) is 10.7. The van der Waals surface area contributed by atoms with E-state index in [-0.39, 0.29) is 35.2 Å². The third kappa shape index (κ3) is 10.7. The lowest BCUT2D eigenvalue weighted by Crippen LogP contribution is -2.43. The van der Waals surface area contributed by atoms with Crippen LogP contribution in [-0.4, -0.2) is 30.2 Å². The van der Waals surface area contributed by atoms with Gasteiger partial charge in [-0.05, 0) is 29.1 Å².